The van der Waals surface area contributed by atoms with Crippen molar-refractivity contribution in [1.82, 2.24) is 44.2 Å². The van der Waals surface area contributed by atoms with E-state index in [0.29, 0.717) is 47.5 Å². The zero-order chi connectivity index (χ0) is 51.1. The van der Waals surface area contributed by atoms with Crippen LogP contribution >= 0.6 is 22.9 Å². The molecule has 6 heterocycles. The predicted molar refractivity (Wildman–Crippen MR) is 260 cm³/mol. The van der Waals surface area contributed by atoms with E-state index in [1.54, 1.807) is 29.5 Å². The molecule has 1 atom stereocenters. The van der Waals surface area contributed by atoms with Crippen molar-refractivity contribution in [2.45, 2.75) is 78.6 Å². The maximum atomic E-state index is 15.7. The van der Waals surface area contributed by atoms with Gasteiger partial charge in [0.1, 0.15) is 34.2 Å². The fourth-order valence-electron chi connectivity index (χ4n) is 9.28. The standard InChI is InChI=1S/C47H52ClFN10O4S.C2HF3O2/c1-26(2)35-21-36(40(61)23-39(35)60)44-52-54-47(63)59(44)34-11-8-32(37(49)20-34)25-56-18-16-55(17-19-56)24-30-12-14-57(15-13-30)41(62)22-38-45-53-51-29(5)58(45)46-42(27(3)28(4)64-46)43(50-38)31-6-9-33(48)10-7-31;3-2(4,5)1(6)7/h6-11,20-21,23,26,30,38,60-61H,12-19,22,24-25H2,1-5H3,(H,54,63);(H,6,7)/t38-;/m0./s1. The largest absolute Gasteiger partial charge is 0.508 e. The van der Waals surface area contributed by atoms with Gasteiger partial charge in [-0.3, -0.25) is 19.3 Å². The molecule has 0 unspecified atom stereocenters. The second-order valence-corrected chi connectivity index (χ2v) is 20.0. The molecule has 16 nitrogen and oxygen atoms in total. The SMILES string of the molecule is Cc1sc2c(c1C)C(c1ccc(Cl)cc1)=N[C@@H](CC(=O)N1CCC(CN3CCN(Cc4ccc(-n5c(-c6cc(C(C)C)c(O)cc6O)n[nH]c5=O)cc4F)CC3)CC1)c1nnc(C)n1-2.O=C(O)C(F)(F)F. The molecule has 22 heteroatoms. The van der Waals surface area contributed by atoms with Crippen molar-refractivity contribution in [3.63, 3.8) is 0 Å². The molecule has 3 aromatic heterocycles. The molecular weight excluding hydrogens is 968 g/mol. The molecule has 0 radical (unpaired) electrons. The number of piperazine rings is 1. The molecule has 2 fully saturated rings. The Hall–Kier alpha value is -6.42. The number of likely N-dealkylation sites (tertiary alicyclic amines) is 1. The van der Waals surface area contributed by atoms with Crippen molar-refractivity contribution in [1.29, 1.82) is 0 Å². The van der Waals surface area contributed by atoms with Crippen LogP contribution in [0.2, 0.25) is 5.02 Å². The topological polar surface area (TPSA) is 198 Å². The number of aromatic amines is 1. The van der Waals surface area contributed by atoms with Crippen molar-refractivity contribution in [3.05, 3.63) is 120 Å². The zero-order valence-electron chi connectivity index (χ0n) is 39.6. The number of carbonyl (C=O) groups is 2. The molecule has 3 aliphatic heterocycles. The Morgan fingerprint density at radius 2 is 1.56 bits per heavy atom. The van der Waals surface area contributed by atoms with Crippen molar-refractivity contribution in [2.24, 2.45) is 10.9 Å². The number of thiophene rings is 1. The van der Waals surface area contributed by atoms with Crippen LogP contribution in [0.1, 0.15) is 89.4 Å². The Morgan fingerprint density at radius 1 is 0.901 bits per heavy atom. The van der Waals surface area contributed by atoms with Crippen LogP contribution < -0.4 is 5.69 Å². The third-order valence-corrected chi connectivity index (χ3v) is 14.7. The molecule has 0 bridgehead atoms. The van der Waals surface area contributed by atoms with Gasteiger partial charge < -0.3 is 25.1 Å². The van der Waals surface area contributed by atoms with Crippen LogP contribution in [0, 0.1) is 32.5 Å². The third-order valence-electron chi connectivity index (χ3n) is 13.3. The Kier molecular flexibility index (Phi) is 14.9. The quantitative estimate of drug-likeness (QED) is 0.0968. The van der Waals surface area contributed by atoms with Gasteiger partial charge in [0, 0.05) is 85.0 Å². The van der Waals surface area contributed by atoms with E-state index >= 15 is 4.39 Å². The Morgan fingerprint density at radius 3 is 2.20 bits per heavy atom. The first-order valence-electron chi connectivity index (χ1n) is 23.1. The number of hydrogen-bond acceptors (Lipinski definition) is 12. The maximum absolute atomic E-state index is 15.7. The lowest BCUT2D eigenvalue weighted by atomic mass is 9.95. The molecule has 9 rings (SSSR count). The van der Waals surface area contributed by atoms with E-state index in [-0.39, 0.29) is 46.8 Å². The van der Waals surface area contributed by atoms with E-state index in [2.05, 4.69) is 48.6 Å². The highest BCUT2D eigenvalue weighted by Crippen LogP contribution is 2.41. The minimum atomic E-state index is -5.08. The summed E-state index contributed by atoms with van der Waals surface area (Å²) in [5.74, 6) is -1.46. The number of phenolic OH excluding ortho intramolecular Hbond substituents is 2. The molecule has 1 amide bonds. The number of amides is 1. The van der Waals surface area contributed by atoms with Crippen LogP contribution in [-0.4, -0.2) is 129 Å². The van der Waals surface area contributed by atoms with Crippen molar-refractivity contribution >= 4 is 40.5 Å². The van der Waals surface area contributed by atoms with E-state index in [0.717, 1.165) is 78.8 Å². The van der Waals surface area contributed by atoms with Crippen LogP contribution in [0.25, 0.3) is 22.1 Å². The normalized spacial score (nSPS) is 16.8. The number of H-pyrrole nitrogens is 1. The van der Waals surface area contributed by atoms with Crippen LogP contribution in [0.15, 0.2) is 64.4 Å². The van der Waals surface area contributed by atoms with Gasteiger partial charge in [0.05, 0.1) is 23.4 Å². The second kappa shape index (κ2) is 20.7. The number of carboxylic acids is 1. The number of halogens is 5. The number of nitrogens with zero attached hydrogens (tertiary/aromatic N) is 9. The number of benzene rings is 3. The summed E-state index contributed by atoms with van der Waals surface area (Å²) in [6, 6.07) is 14.7. The molecule has 2 saturated heterocycles. The van der Waals surface area contributed by atoms with E-state index < -0.39 is 29.7 Å². The molecular formula is C49H53ClF4N10O6S. The van der Waals surface area contributed by atoms with Crippen molar-refractivity contribution in [3.8, 4) is 33.6 Å². The number of phenols is 2. The van der Waals surface area contributed by atoms with E-state index in [9.17, 15) is 33.0 Å². The monoisotopic (exact) mass is 1020 g/mol. The fourth-order valence-corrected chi connectivity index (χ4v) is 10.6. The van der Waals surface area contributed by atoms with Gasteiger partial charge in [-0.2, -0.15) is 18.3 Å². The summed E-state index contributed by atoms with van der Waals surface area (Å²) >= 11 is 7.98. The summed E-state index contributed by atoms with van der Waals surface area (Å²) in [5.41, 5.74) is 5.03. The molecule has 6 aromatic rings. The van der Waals surface area contributed by atoms with E-state index in [1.165, 1.54) is 21.6 Å². The van der Waals surface area contributed by atoms with Crippen LogP contribution in [0.4, 0.5) is 17.6 Å². The molecule has 3 aromatic carbocycles. The van der Waals surface area contributed by atoms with E-state index in [4.69, 9.17) is 26.5 Å². The number of alkyl halides is 3. The Balaban J connectivity index is 0.000000900. The number of carboxylic acid groups (broad SMARTS) is 1. The lowest BCUT2D eigenvalue weighted by molar-refractivity contribution is -0.192. The molecule has 0 aliphatic carbocycles. The number of aromatic nitrogens is 6. The minimum absolute atomic E-state index is 0.0519. The predicted octanol–water partition coefficient (Wildman–Crippen LogP) is 8.09. The zero-order valence-corrected chi connectivity index (χ0v) is 41.2. The first-order valence-corrected chi connectivity index (χ1v) is 24.3. The van der Waals surface area contributed by atoms with Gasteiger partial charge in [0.25, 0.3) is 0 Å². The Labute approximate surface area is 414 Å². The molecule has 376 valence electrons. The summed E-state index contributed by atoms with van der Waals surface area (Å²) in [5, 5.41) is 45.4. The van der Waals surface area contributed by atoms with Gasteiger partial charge in [-0.1, -0.05) is 43.6 Å². The van der Waals surface area contributed by atoms with Gasteiger partial charge in [-0.15, -0.1) is 21.5 Å². The molecule has 0 saturated carbocycles. The third kappa shape index (κ3) is 10.9. The number of rotatable bonds is 10. The summed E-state index contributed by atoms with van der Waals surface area (Å²) in [6.07, 6.45) is -3.04. The number of carbonyl (C=O) groups excluding carboxylic acids is 1. The number of aliphatic imine (C=N–C) groups is 1. The summed E-state index contributed by atoms with van der Waals surface area (Å²) in [6.45, 7) is 16.1. The van der Waals surface area contributed by atoms with Crippen LogP contribution in [0.5, 0.6) is 11.5 Å². The lowest BCUT2D eigenvalue weighted by Gasteiger charge is -2.39. The molecule has 3 aliphatic rings. The van der Waals surface area contributed by atoms with Gasteiger partial charge >= 0.3 is 17.8 Å². The number of fused-ring (bicyclic) bond motifs is 3. The first kappa shape index (κ1) is 51.0. The number of nitrogens with one attached hydrogen (secondary N) is 1. The minimum Gasteiger partial charge on any atom is -0.508 e. The highest BCUT2D eigenvalue weighted by atomic mass is 35.5. The van der Waals surface area contributed by atoms with E-state index in [1.807, 2.05) is 49.9 Å². The fraction of sp³-hybridized carbons (Fsp3) is 0.408. The van der Waals surface area contributed by atoms with Gasteiger partial charge in [-0.05, 0) is 86.9 Å². The van der Waals surface area contributed by atoms with Gasteiger partial charge in [0.15, 0.2) is 11.6 Å². The average molecular weight is 1020 g/mol. The van der Waals surface area contributed by atoms with Gasteiger partial charge in [0.2, 0.25) is 5.91 Å². The summed E-state index contributed by atoms with van der Waals surface area (Å²) in [4.78, 5) is 49.1. The number of aryl methyl sites for hydroxylation is 2. The molecule has 0 spiro atoms. The van der Waals surface area contributed by atoms with Crippen molar-refractivity contribution in [2.75, 3.05) is 45.8 Å². The average Bonchev–Trinajstić information content (AvgIpc) is 3.96. The number of hydrogen-bond donors (Lipinski definition) is 4. The molecule has 71 heavy (non-hydrogen) atoms. The second-order valence-electron chi connectivity index (χ2n) is 18.4. The summed E-state index contributed by atoms with van der Waals surface area (Å²) < 4.78 is 50.8. The Bertz CT molecular complexity index is 3040. The summed E-state index contributed by atoms with van der Waals surface area (Å²) in [7, 11) is 0. The number of aromatic hydroxyl groups is 2. The smallest absolute Gasteiger partial charge is 0.490 e. The number of aliphatic carboxylic acids is 1. The van der Waals surface area contributed by atoms with Crippen LogP contribution in [0.3, 0.4) is 0 Å². The molecule has 4 N–H and O–H groups in total. The lowest BCUT2D eigenvalue weighted by Crippen LogP contribution is -2.49. The van der Waals surface area contributed by atoms with Crippen LogP contribution in [-0.2, 0) is 16.1 Å². The highest BCUT2D eigenvalue weighted by Gasteiger charge is 2.38. The first-order chi connectivity index (χ1) is 33.7. The number of piperidine rings is 1. The van der Waals surface area contributed by atoms with Gasteiger partial charge in [-0.25, -0.2) is 23.6 Å². The van der Waals surface area contributed by atoms with Crippen molar-refractivity contribution < 1.29 is 42.5 Å². The maximum Gasteiger partial charge on any atom is 0.490 e. The highest BCUT2D eigenvalue weighted by molar-refractivity contribution is 7.15.